The first-order chi connectivity index (χ1) is 8.99. The Balaban J connectivity index is 2.67. The zero-order valence-electron chi connectivity index (χ0n) is 10.5. The molecule has 0 aliphatic heterocycles. The second-order valence-electron chi connectivity index (χ2n) is 3.91. The molecule has 0 aliphatic carbocycles. The van der Waals surface area contributed by atoms with E-state index in [9.17, 15) is 13.2 Å². The highest BCUT2D eigenvalue weighted by Crippen LogP contribution is 2.31. The van der Waals surface area contributed by atoms with Gasteiger partial charge in [0.2, 0.25) is 0 Å². The standard InChI is InChI=1S/C13H15F3N2O/c1-2-6-19-7-5-18-12-4-3-11(13(14,15)16)8-10(12)9-17/h3-4,8,18H,2,5-7H2,1H3. The molecule has 3 nitrogen and oxygen atoms in total. The van der Waals surface area contributed by atoms with Crippen molar-refractivity contribution < 1.29 is 17.9 Å². The molecule has 104 valence electrons. The Morgan fingerprint density at radius 3 is 2.63 bits per heavy atom. The van der Waals surface area contributed by atoms with Gasteiger partial charge in [-0.15, -0.1) is 0 Å². The molecule has 6 heteroatoms. The molecule has 0 atom stereocenters. The largest absolute Gasteiger partial charge is 0.416 e. The van der Waals surface area contributed by atoms with E-state index in [1.54, 1.807) is 6.07 Å². The third kappa shape index (κ3) is 4.79. The first-order valence-electron chi connectivity index (χ1n) is 5.92. The van der Waals surface area contributed by atoms with Gasteiger partial charge in [0.25, 0.3) is 0 Å². The van der Waals surface area contributed by atoms with Crippen molar-refractivity contribution in [3.8, 4) is 6.07 Å². The molecule has 0 radical (unpaired) electrons. The highest BCUT2D eigenvalue weighted by Gasteiger charge is 2.30. The fourth-order valence-electron chi connectivity index (χ4n) is 1.47. The summed E-state index contributed by atoms with van der Waals surface area (Å²) in [5, 5.41) is 11.7. The summed E-state index contributed by atoms with van der Waals surface area (Å²) in [6, 6.07) is 4.82. The smallest absolute Gasteiger partial charge is 0.382 e. The van der Waals surface area contributed by atoms with Crippen LogP contribution in [-0.2, 0) is 10.9 Å². The number of hydrogen-bond acceptors (Lipinski definition) is 3. The zero-order chi connectivity index (χ0) is 14.3. The van der Waals surface area contributed by atoms with Crippen LogP contribution >= 0.6 is 0 Å². The van der Waals surface area contributed by atoms with E-state index in [-0.39, 0.29) is 5.56 Å². The molecule has 0 saturated carbocycles. The van der Waals surface area contributed by atoms with E-state index in [0.29, 0.717) is 25.4 Å². The summed E-state index contributed by atoms with van der Waals surface area (Å²) in [7, 11) is 0. The molecule has 1 aromatic carbocycles. The molecular formula is C13H15F3N2O. The molecular weight excluding hydrogens is 257 g/mol. The third-order valence-corrected chi connectivity index (χ3v) is 2.38. The van der Waals surface area contributed by atoms with Gasteiger partial charge < -0.3 is 10.1 Å². The Morgan fingerprint density at radius 2 is 2.05 bits per heavy atom. The van der Waals surface area contributed by atoms with Crippen LogP contribution in [0.4, 0.5) is 18.9 Å². The number of rotatable bonds is 6. The second kappa shape index (κ2) is 7.00. The van der Waals surface area contributed by atoms with Crippen LogP contribution < -0.4 is 5.32 Å². The number of nitrogens with zero attached hydrogens (tertiary/aromatic N) is 1. The number of nitrogens with one attached hydrogen (secondary N) is 1. The van der Waals surface area contributed by atoms with Crippen LogP contribution in [0.2, 0.25) is 0 Å². The van der Waals surface area contributed by atoms with Crippen molar-refractivity contribution in [3.63, 3.8) is 0 Å². The summed E-state index contributed by atoms with van der Waals surface area (Å²) in [5.41, 5.74) is -0.460. The minimum Gasteiger partial charge on any atom is -0.382 e. The summed E-state index contributed by atoms with van der Waals surface area (Å²) < 4.78 is 42.7. The topological polar surface area (TPSA) is 45.0 Å². The maximum Gasteiger partial charge on any atom is 0.416 e. The number of alkyl halides is 3. The van der Waals surface area contributed by atoms with Crippen molar-refractivity contribution in [2.24, 2.45) is 0 Å². The first kappa shape index (κ1) is 15.3. The van der Waals surface area contributed by atoms with Crippen molar-refractivity contribution in [2.45, 2.75) is 19.5 Å². The predicted molar refractivity (Wildman–Crippen MR) is 65.8 cm³/mol. The molecule has 0 spiro atoms. The van der Waals surface area contributed by atoms with Crippen LogP contribution in [0.5, 0.6) is 0 Å². The van der Waals surface area contributed by atoms with Crippen LogP contribution in [0.25, 0.3) is 0 Å². The fourth-order valence-corrected chi connectivity index (χ4v) is 1.47. The maximum absolute atomic E-state index is 12.5. The van der Waals surface area contributed by atoms with Crippen LogP contribution in [0, 0.1) is 11.3 Å². The number of hydrogen-bond donors (Lipinski definition) is 1. The van der Waals surface area contributed by atoms with E-state index in [1.807, 2.05) is 6.92 Å². The third-order valence-electron chi connectivity index (χ3n) is 2.38. The zero-order valence-corrected chi connectivity index (χ0v) is 10.5. The van der Waals surface area contributed by atoms with Crippen molar-refractivity contribution in [3.05, 3.63) is 29.3 Å². The summed E-state index contributed by atoms with van der Waals surface area (Å²) >= 11 is 0. The second-order valence-corrected chi connectivity index (χ2v) is 3.91. The van der Waals surface area contributed by atoms with Gasteiger partial charge in [-0.25, -0.2) is 0 Å². The Labute approximate surface area is 110 Å². The van der Waals surface area contributed by atoms with E-state index >= 15 is 0 Å². The van der Waals surface area contributed by atoms with Crippen LogP contribution in [0.15, 0.2) is 18.2 Å². The highest BCUT2D eigenvalue weighted by molar-refractivity contribution is 5.58. The maximum atomic E-state index is 12.5. The van der Waals surface area contributed by atoms with Gasteiger partial charge in [-0.1, -0.05) is 6.92 Å². The van der Waals surface area contributed by atoms with Crippen molar-refractivity contribution in [1.82, 2.24) is 0 Å². The minimum absolute atomic E-state index is 0.0229. The Morgan fingerprint density at radius 1 is 1.32 bits per heavy atom. The summed E-state index contributed by atoms with van der Waals surface area (Å²) in [5.74, 6) is 0. The lowest BCUT2D eigenvalue weighted by Crippen LogP contribution is -2.12. The lowest BCUT2D eigenvalue weighted by molar-refractivity contribution is -0.137. The van der Waals surface area contributed by atoms with E-state index in [4.69, 9.17) is 10.00 Å². The summed E-state index contributed by atoms with van der Waals surface area (Å²) in [6.07, 6.45) is -3.53. The number of anilines is 1. The molecule has 0 unspecified atom stereocenters. The van der Waals surface area contributed by atoms with Gasteiger partial charge in [0.1, 0.15) is 6.07 Å². The fraction of sp³-hybridized carbons (Fsp3) is 0.462. The van der Waals surface area contributed by atoms with E-state index < -0.39 is 11.7 Å². The Hall–Kier alpha value is -1.74. The number of halogens is 3. The number of nitriles is 1. The first-order valence-corrected chi connectivity index (χ1v) is 5.92. The molecule has 1 aromatic rings. The molecule has 0 aromatic heterocycles. The normalized spacial score (nSPS) is 11.1. The highest BCUT2D eigenvalue weighted by atomic mass is 19.4. The van der Waals surface area contributed by atoms with Gasteiger partial charge in [0.05, 0.1) is 23.4 Å². The van der Waals surface area contributed by atoms with Crippen LogP contribution in [0.3, 0.4) is 0 Å². The molecule has 0 aliphatic rings. The number of ether oxygens (including phenoxy) is 1. The van der Waals surface area contributed by atoms with Crippen molar-refractivity contribution >= 4 is 5.69 Å². The van der Waals surface area contributed by atoms with Gasteiger partial charge in [-0.05, 0) is 24.6 Å². The van der Waals surface area contributed by atoms with Gasteiger partial charge in [-0.3, -0.25) is 0 Å². The van der Waals surface area contributed by atoms with Crippen molar-refractivity contribution in [2.75, 3.05) is 25.1 Å². The molecule has 0 amide bonds. The van der Waals surface area contributed by atoms with E-state index in [2.05, 4.69) is 5.32 Å². The lowest BCUT2D eigenvalue weighted by Gasteiger charge is -2.11. The molecule has 0 saturated heterocycles. The SMILES string of the molecule is CCCOCCNc1ccc(C(F)(F)F)cc1C#N. The molecule has 19 heavy (non-hydrogen) atoms. The Bertz CT molecular complexity index is 452. The van der Waals surface area contributed by atoms with Gasteiger partial charge in [-0.2, -0.15) is 18.4 Å². The monoisotopic (exact) mass is 272 g/mol. The summed E-state index contributed by atoms with van der Waals surface area (Å²) in [4.78, 5) is 0. The molecule has 1 rings (SSSR count). The van der Waals surface area contributed by atoms with Crippen molar-refractivity contribution in [1.29, 1.82) is 5.26 Å². The van der Waals surface area contributed by atoms with Gasteiger partial charge in [0, 0.05) is 13.2 Å². The quantitative estimate of drug-likeness (QED) is 0.807. The van der Waals surface area contributed by atoms with Crippen LogP contribution in [0.1, 0.15) is 24.5 Å². The van der Waals surface area contributed by atoms with Gasteiger partial charge in [0.15, 0.2) is 0 Å². The average molecular weight is 272 g/mol. The van der Waals surface area contributed by atoms with Gasteiger partial charge >= 0.3 is 6.18 Å². The summed E-state index contributed by atoms with van der Waals surface area (Å²) in [6.45, 7) is 3.51. The van der Waals surface area contributed by atoms with E-state index in [0.717, 1.165) is 18.6 Å². The average Bonchev–Trinajstić information content (AvgIpc) is 2.37. The lowest BCUT2D eigenvalue weighted by atomic mass is 10.1. The molecule has 0 heterocycles. The van der Waals surface area contributed by atoms with Crippen LogP contribution in [-0.4, -0.2) is 19.8 Å². The predicted octanol–water partition coefficient (Wildman–Crippen LogP) is 3.42. The minimum atomic E-state index is -4.44. The Kier molecular flexibility index (Phi) is 5.64. The molecule has 0 fully saturated rings. The number of benzene rings is 1. The van der Waals surface area contributed by atoms with E-state index in [1.165, 1.54) is 6.07 Å². The molecule has 1 N–H and O–H groups in total. The molecule has 0 bridgehead atoms.